The summed E-state index contributed by atoms with van der Waals surface area (Å²) in [4.78, 5) is 10.7. The summed E-state index contributed by atoms with van der Waals surface area (Å²) in [5.74, 6) is 0.177. The number of nitrogens with two attached hydrogens (primary N) is 1. The first-order valence-electron chi connectivity index (χ1n) is 7.56. The number of ether oxygens (including phenoxy) is 2. The van der Waals surface area contributed by atoms with Crippen LogP contribution in [0.3, 0.4) is 0 Å². The number of primary amides is 1. The Hall–Kier alpha value is -1.75. The number of carbonyl (C=O) groups is 1. The molecule has 0 saturated carbocycles. The summed E-state index contributed by atoms with van der Waals surface area (Å²) in [6, 6.07) is 8.04. The van der Waals surface area contributed by atoms with E-state index < -0.39 is 5.91 Å². The van der Waals surface area contributed by atoms with E-state index in [1.807, 2.05) is 24.3 Å². The summed E-state index contributed by atoms with van der Waals surface area (Å²) < 4.78 is 11.1. The van der Waals surface area contributed by atoms with Crippen LogP contribution in [0.25, 0.3) is 0 Å². The van der Waals surface area contributed by atoms with Crippen LogP contribution in [-0.2, 0) is 9.53 Å². The van der Waals surface area contributed by atoms with E-state index in [1.54, 1.807) is 0 Å². The van der Waals surface area contributed by atoms with Crippen molar-refractivity contribution < 1.29 is 14.3 Å². The predicted octanol–water partition coefficient (Wildman–Crippen LogP) is 2.31. The molecule has 0 radical (unpaired) electrons. The van der Waals surface area contributed by atoms with Crippen molar-refractivity contribution >= 4 is 11.6 Å². The Labute approximate surface area is 125 Å². The molecule has 3 N–H and O–H groups in total. The Kier molecular flexibility index (Phi) is 5.87. The molecule has 0 bridgehead atoms. The van der Waals surface area contributed by atoms with Crippen LogP contribution in [0.4, 0.5) is 5.69 Å². The minimum absolute atomic E-state index is 0.0979. The number of nitrogens with one attached hydrogen (secondary N) is 1. The van der Waals surface area contributed by atoms with Crippen LogP contribution in [0.15, 0.2) is 24.3 Å². The van der Waals surface area contributed by atoms with Gasteiger partial charge >= 0.3 is 0 Å². The average Bonchev–Trinajstić information content (AvgIpc) is 2.46. The van der Waals surface area contributed by atoms with Gasteiger partial charge in [-0.25, -0.2) is 0 Å². The van der Waals surface area contributed by atoms with Crippen molar-refractivity contribution in [1.82, 2.24) is 0 Å². The standard InChI is InChI=1S/C16H24N2O3/c1-2-4-14-10-13(7-8-20-14)18-12-5-3-6-15(9-12)21-11-16(17)19/h3,5-6,9,13-14,18H,2,4,7-8,10-11H2,1H3,(H2,17,19). The van der Waals surface area contributed by atoms with Crippen LogP contribution >= 0.6 is 0 Å². The normalized spacial score (nSPS) is 21.8. The summed E-state index contributed by atoms with van der Waals surface area (Å²) in [6.45, 7) is 2.89. The fourth-order valence-corrected chi connectivity index (χ4v) is 2.60. The van der Waals surface area contributed by atoms with Crippen LogP contribution in [0, 0.1) is 0 Å². The lowest BCUT2D eigenvalue weighted by Gasteiger charge is -2.30. The first-order chi connectivity index (χ1) is 10.2. The van der Waals surface area contributed by atoms with Gasteiger partial charge in [-0.05, 0) is 31.4 Å². The largest absolute Gasteiger partial charge is 0.484 e. The fraction of sp³-hybridized carbons (Fsp3) is 0.562. The van der Waals surface area contributed by atoms with Gasteiger partial charge in [-0.3, -0.25) is 4.79 Å². The predicted molar refractivity (Wildman–Crippen MR) is 82.4 cm³/mol. The van der Waals surface area contributed by atoms with E-state index >= 15 is 0 Å². The van der Waals surface area contributed by atoms with E-state index in [-0.39, 0.29) is 6.61 Å². The second-order valence-corrected chi connectivity index (χ2v) is 5.43. The summed E-state index contributed by atoms with van der Waals surface area (Å²) in [5, 5.41) is 3.52. The molecule has 2 unspecified atom stereocenters. The van der Waals surface area contributed by atoms with Crippen molar-refractivity contribution in [2.45, 2.75) is 44.8 Å². The number of hydrogen-bond acceptors (Lipinski definition) is 4. The zero-order chi connectivity index (χ0) is 15.1. The van der Waals surface area contributed by atoms with Gasteiger partial charge < -0.3 is 20.5 Å². The van der Waals surface area contributed by atoms with Crippen LogP contribution < -0.4 is 15.8 Å². The monoisotopic (exact) mass is 292 g/mol. The van der Waals surface area contributed by atoms with Crippen LogP contribution in [0.5, 0.6) is 5.75 Å². The van der Waals surface area contributed by atoms with Gasteiger partial charge in [-0.2, -0.15) is 0 Å². The Morgan fingerprint density at radius 2 is 2.38 bits per heavy atom. The zero-order valence-electron chi connectivity index (χ0n) is 12.5. The minimum atomic E-state index is -0.472. The minimum Gasteiger partial charge on any atom is -0.484 e. The second kappa shape index (κ2) is 7.88. The van der Waals surface area contributed by atoms with Crippen molar-refractivity contribution in [3.05, 3.63) is 24.3 Å². The Morgan fingerprint density at radius 1 is 1.52 bits per heavy atom. The van der Waals surface area contributed by atoms with Gasteiger partial charge in [0.1, 0.15) is 5.75 Å². The Balaban J connectivity index is 1.89. The highest BCUT2D eigenvalue weighted by atomic mass is 16.5. The maximum atomic E-state index is 10.7. The lowest BCUT2D eigenvalue weighted by Crippen LogP contribution is -2.33. The fourth-order valence-electron chi connectivity index (χ4n) is 2.60. The van der Waals surface area contributed by atoms with Crippen LogP contribution in [0.1, 0.15) is 32.6 Å². The molecule has 0 aliphatic carbocycles. The van der Waals surface area contributed by atoms with E-state index in [1.165, 1.54) is 0 Å². The number of benzene rings is 1. The maximum absolute atomic E-state index is 10.7. The van der Waals surface area contributed by atoms with E-state index in [0.717, 1.165) is 38.0 Å². The van der Waals surface area contributed by atoms with E-state index in [2.05, 4.69) is 12.2 Å². The van der Waals surface area contributed by atoms with Gasteiger partial charge in [0.25, 0.3) is 5.91 Å². The third-order valence-electron chi connectivity index (χ3n) is 3.56. The molecule has 1 saturated heterocycles. The molecular formula is C16H24N2O3. The number of rotatable bonds is 7. The summed E-state index contributed by atoms with van der Waals surface area (Å²) in [5.41, 5.74) is 6.08. The average molecular weight is 292 g/mol. The van der Waals surface area contributed by atoms with Crippen LogP contribution in [-0.4, -0.2) is 31.3 Å². The molecule has 1 heterocycles. The molecule has 1 aromatic carbocycles. The number of amides is 1. The molecule has 0 spiro atoms. The molecule has 1 fully saturated rings. The Bertz CT molecular complexity index is 463. The maximum Gasteiger partial charge on any atom is 0.255 e. The van der Waals surface area contributed by atoms with E-state index in [9.17, 15) is 4.79 Å². The number of carbonyl (C=O) groups excluding carboxylic acids is 1. The molecule has 2 rings (SSSR count). The van der Waals surface area contributed by atoms with Crippen molar-refractivity contribution in [1.29, 1.82) is 0 Å². The number of anilines is 1. The molecule has 5 nitrogen and oxygen atoms in total. The molecule has 1 aliphatic rings. The van der Waals surface area contributed by atoms with Crippen molar-refractivity contribution in [2.24, 2.45) is 5.73 Å². The van der Waals surface area contributed by atoms with Gasteiger partial charge in [-0.15, -0.1) is 0 Å². The zero-order valence-corrected chi connectivity index (χ0v) is 12.5. The van der Waals surface area contributed by atoms with Crippen molar-refractivity contribution in [3.8, 4) is 5.75 Å². The molecular weight excluding hydrogens is 268 g/mol. The SMILES string of the molecule is CCCC1CC(Nc2cccc(OCC(N)=O)c2)CCO1. The third kappa shape index (κ3) is 5.27. The molecule has 21 heavy (non-hydrogen) atoms. The smallest absolute Gasteiger partial charge is 0.255 e. The first kappa shape index (κ1) is 15.6. The summed E-state index contributed by atoms with van der Waals surface area (Å²) >= 11 is 0. The van der Waals surface area contributed by atoms with Crippen molar-refractivity contribution in [3.63, 3.8) is 0 Å². The quantitative estimate of drug-likeness (QED) is 0.809. The third-order valence-corrected chi connectivity index (χ3v) is 3.56. The van der Waals surface area contributed by atoms with Crippen LogP contribution in [0.2, 0.25) is 0 Å². The highest BCUT2D eigenvalue weighted by Crippen LogP contribution is 2.23. The van der Waals surface area contributed by atoms with Gasteiger partial charge in [-0.1, -0.05) is 19.4 Å². The topological polar surface area (TPSA) is 73.6 Å². The van der Waals surface area contributed by atoms with Gasteiger partial charge in [0.05, 0.1) is 6.10 Å². The molecule has 116 valence electrons. The number of hydrogen-bond donors (Lipinski definition) is 2. The molecule has 1 aliphatic heterocycles. The summed E-state index contributed by atoms with van der Waals surface area (Å²) in [6.07, 6.45) is 4.65. The second-order valence-electron chi connectivity index (χ2n) is 5.43. The van der Waals surface area contributed by atoms with Gasteiger partial charge in [0.15, 0.2) is 6.61 Å². The van der Waals surface area contributed by atoms with E-state index in [0.29, 0.717) is 17.9 Å². The molecule has 2 atom stereocenters. The summed E-state index contributed by atoms with van der Waals surface area (Å²) in [7, 11) is 0. The molecule has 0 aromatic heterocycles. The lowest BCUT2D eigenvalue weighted by atomic mass is 10.00. The van der Waals surface area contributed by atoms with Gasteiger partial charge in [0.2, 0.25) is 0 Å². The molecule has 1 amide bonds. The first-order valence-corrected chi connectivity index (χ1v) is 7.56. The van der Waals surface area contributed by atoms with Crippen molar-refractivity contribution in [2.75, 3.05) is 18.5 Å². The molecule has 1 aromatic rings. The Morgan fingerprint density at radius 3 is 3.14 bits per heavy atom. The van der Waals surface area contributed by atoms with Gasteiger partial charge in [0, 0.05) is 24.4 Å². The highest BCUT2D eigenvalue weighted by Gasteiger charge is 2.21. The lowest BCUT2D eigenvalue weighted by molar-refractivity contribution is -0.119. The van der Waals surface area contributed by atoms with E-state index in [4.69, 9.17) is 15.2 Å². The highest BCUT2D eigenvalue weighted by molar-refractivity contribution is 5.75. The molecule has 5 heteroatoms.